The first-order valence-electron chi connectivity index (χ1n) is 8.53. The average molecular weight is 369 g/mol. The van der Waals surface area contributed by atoms with Gasteiger partial charge < -0.3 is 15.5 Å². The molecule has 138 valence electrons. The lowest BCUT2D eigenvalue weighted by atomic mass is 9.98. The molecule has 0 aliphatic carbocycles. The second kappa shape index (κ2) is 8.49. The highest BCUT2D eigenvalue weighted by atomic mass is 35.5. The van der Waals surface area contributed by atoms with Gasteiger partial charge in [-0.2, -0.15) is 0 Å². The lowest BCUT2D eigenvalue weighted by molar-refractivity contribution is -0.384. The molecule has 2 heterocycles. The highest BCUT2D eigenvalue weighted by Gasteiger charge is 2.36. The summed E-state index contributed by atoms with van der Waals surface area (Å²) in [5.74, 6) is 0.0902. The fourth-order valence-corrected chi connectivity index (χ4v) is 3.81. The molecule has 2 saturated heterocycles. The maximum Gasteiger partial charge on any atom is 0.292 e. The largest absolute Gasteiger partial charge is 0.379 e. The number of nitrogens with one attached hydrogen (secondary N) is 2. The number of piperidine rings is 1. The van der Waals surface area contributed by atoms with Gasteiger partial charge >= 0.3 is 0 Å². The van der Waals surface area contributed by atoms with Crippen LogP contribution in [0.5, 0.6) is 0 Å². The Morgan fingerprint density at radius 3 is 2.60 bits per heavy atom. The first-order chi connectivity index (χ1) is 11.5. The fourth-order valence-electron chi connectivity index (χ4n) is 3.81. The number of fused-ring (bicyclic) bond motifs is 2. The summed E-state index contributed by atoms with van der Waals surface area (Å²) in [5.41, 5.74) is 0.492. The molecule has 1 amide bonds. The van der Waals surface area contributed by atoms with E-state index in [-0.39, 0.29) is 24.0 Å². The van der Waals surface area contributed by atoms with E-state index in [0.29, 0.717) is 36.8 Å². The molecule has 7 nitrogen and oxygen atoms in total. The smallest absolute Gasteiger partial charge is 0.292 e. The molecule has 0 spiro atoms. The zero-order valence-electron chi connectivity index (χ0n) is 14.3. The molecule has 2 aliphatic rings. The molecule has 25 heavy (non-hydrogen) atoms. The molecule has 0 radical (unpaired) electrons. The number of carbonyl (C=O) groups is 1. The normalized spacial score (nSPS) is 24.3. The number of nitro benzene ring substituents is 1. The molecule has 2 bridgehead atoms. The average Bonchev–Trinajstić information content (AvgIpc) is 2.92. The molecule has 2 unspecified atom stereocenters. The van der Waals surface area contributed by atoms with Gasteiger partial charge in [-0.15, -0.1) is 12.4 Å². The summed E-state index contributed by atoms with van der Waals surface area (Å²) in [4.78, 5) is 24.9. The number of benzene rings is 1. The van der Waals surface area contributed by atoms with Crippen molar-refractivity contribution in [2.24, 2.45) is 0 Å². The Morgan fingerprint density at radius 1 is 1.32 bits per heavy atom. The number of halogens is 1. The zero-order chi connectivity index (χ0) is 17.1. The lowest BCUT2D eigenvalue weighted by Crippen LogP contribution is -2.48. The first-order valence-corrected chi connectivity index (χ1v) is 8.53. The Bertz CT molecular complexity index is 616. The van der Waals surface area contributed by atoms with Gasteiger partial charge in [0.2, 0.25) is 5.91 Å². The zero-order valence-corrected chi connectivity index (χ0v) is 15.1. The summed E-state index contributed by atoms with van der Waals surface area (Å²) < 4.78 is 0. The van der Waals surface area contributed by atoms with Crippen molar-refractivity contribution in [2.45, 2.75) is 50.2 Å². The number of para-hydroxylation sites is 2. The molecule has 2 atom stereocenters. The van der Waals surface area contributed by atoms with E-state index in [1.165, 1.54) is 18.9 Å². The minimum absolute atomic E-state index is 0. The lowest BCUT2D eigenvalue weighted by Gasteiger charge is -2.35. The number of hydrogen-bond donors (Lipinski definition) is 2. The van der Waals surface area contributed by atoms with Crippen LogP contribution in [0.1, 0.15) is 32.1 Å². The van der Waals surface area contributed by atoms with Crippen molar-refractivity contribution in [3.8, 4) is 0 Å². The van der Waals surface area contributed by atoms with Crippen LogP contribution in [0, 0.1) is 10.1 Å². The third kappa shape index (κ3) is 4.61. The van der Waals surface area contributed by atoms with Gasteiger partial charge in [0.25, 0.3) is 5.69 Å². The monoisotopic (exact) mass is 368 g/mol. The first kappa shape index (κ1) is 19.5. The van der Waals surface area contributed by atoms with Gasteiger partial charge in [0.15, 0.2) is 0 Å². The molecule has 0 aromatic heterocycles. The molecule has 1 aromatic carbocycles. The minimum atomic E-state index is -0.416. The van der Waals surface area contributed by atoms with Crippen molar-refractivity contribution in [1.29, 1.82) is 0 Å². The van der Waals surface area contributed by atoms with Crippen molar-refractivity contribution in [3.05, 3.63) is 34.4 Å². The van der Waals surface area contributed by atoms with Gasteiger partial charge in [-0.3, -0.25) is 14.9 Å². The van der Waals surface area contributed by atoms with E-state index in [9.17, 15) is 14.9 Å². The van der Waals surface area contributed by atoms with Gasteiger partial charge in [-0.1, -0.05) is 12.1 Å². The Balaban J connectivity index is 0.00000225. The van der Waals surface area contributed by atoms with Crippen molar-refractivity contribution in [3.63, 3.8) is 0 Å². The third-order valence-electron chi connectivity index (χ3n) is 5.14. The van der Waals surface area contributed by atoms with Crippen LogP contribution in [0.25, 0.3) is 0 Å². The summed E-state index contributed by atoms with van der Waals surface area (Å²) in [6.07, 6.45) is 4.80. The van der Waals surface area contributed by atoms with Crippen LogP contribution in [-0.2, 0) is 4.79 Å². The van der Waals surface area contributed by atoms with E-state index in [4.69, 9.17) is 0 Å². The van der Waals surface area contributed by atoms with E-state index < -0.39 is 4.92 Å². The highest BCUT2D eigenvalue weighted by molar-refractivity contribution is 5.85. The van der Waals surface area contributed by atoms with Crippen LogP contribution in [0.3, 0.4) is 0 Å². The number of carbonyl (C=O) groups excluding carboxylic acids is 1. The molecule has 0 saturated carbocycles. The molecule has 2 aliphatic heterocycles. The summed E-state index contributed by atoms with van der Waals surface area (Å²) in [6.45, 7) is 0.395. The Labute approximate surface area is 153 Å². The number of nitro groups is 1. The number of nitrogens with zero attached hydrogens (tertiary/aromatic N) is 2. The third-order valence-corrected chi connectivity index (χ3v) is 5.14. The summed E-state index contributed by atoms with van der Waals surface area (Å²) >= 11 is 0. The van der Waals surface area contributed by atoms with Crippen molar-refractivity contribution < 1.29 is 9.72 Å². The number of hydrogen-bond acceptors (Lipinski definition) is 5. The predicted molar refractivity (Wildman–Crippen MR) is 99.2 cm³/mol. The second-order valence-electron chi connectivity index (χ2n) is 6.72. The van der Waals surface area contributed by atoms with Gasteiger partial charge in [-0.05, 0) is 31.7 Å². The second-order valence-corrected chi connectivity index (χ2v) is 6.72. The van der Waals surface area contributed by atoms with Crippen LogP contribution in [0.15, 0.2) is 24.3 Å². The highest BCUT2D eigenvalue weighted by Crippen LogP contribution is 2.29. The van der Waals surface area contributed by atoms with Gasteiger partial charge in [0.05, 0.1) is 4.92 Å². The van der Waals surface area contributed by atoms with E-state index >= 15 is 0 Å². The number of anilines is 1. The fraction of sp³-hybridized carbons (Fsp3) is 0.588. The summed E-state index contributed by atoms with van der Waals surface area (Å²) in [6, 6.07) is 7.91. The van der Waals surface area contributed by atoms with Crippen LogP contribution in [0.4, 0.5) is 11.4 Å². The van der Waals surface area contributed by atoms with Crippen molar-refractivity contribution in [1.82, 2.24) is 10.2 Å². The Hall–Kier alpha value is -1.86. The van der Waals surface area contributed by atoms with E-state index in [0.717, 1.165) is 12.8 Å². The molecule has 3 rings (SSSR count). The Morgan fingerprint density at radius 2 is 1.96 bits per heavy atom. The van der Waals surface area contributed by atoms with E-state index in [1.807, 2.05) is 11.9 Å². The molecule has 1 aromatic rings. The number of rotatable bonds is 6. The van der Waals surface area contributed by atoms with Crippen LogP contribution >= 0.6 is 12.4 Å². The SMILES string of the molecule is CN(C(=O)CCNc1ccccc1[N+](=O)[O-])C1CC2CCC(C1)N2.Cl. The van der Waals surface area contributed by atoms with Crippen molar-refractivity contribution >= 4 is 29.7 Å². The van der Waals surface area contributed by atoms with Gasteiger partial charge in [0.1, 0.15) is 5.69 Å². The number of amides is 1. The van der Waals surface area contributed by atoms with Gasteiger partial charge in [0, 0.05) is 44.2 Å². The van der Waals surface area contributed by atoms with Crippen molar-refractivity contribution in [2.75, 3.05) is 18.9 Å². The molecule has 8 heteroatoms. The van der Waals surface area contributed by atoms with Crippen LogP contribution < -0.4 is 10.6 Å². The molecular weight excluding hydrogens is 344 g/mol. The standard InChI is InChI=1S/C17H24N4O3.ClH/c1-20(14-10-12-6-7-13(11-14)19-12)17(22)8-9-18-15-4-2-3-5-16(15)21(23)24;/h2-5,12-14,18-19H,6-11H2,1H3;1H. The minimum Gasteiger partial charge on any atom is -0.379 e. The maximum absolute atomic E-state index is 12.4. The van der Waals surface area contributed by atoms with Gasteiger partial charge in [-0.25, -0.2) is 0 Å². The predicted octanol–water partition coefficient (Wildman–Crippen LogP) is 2.56. The summed E-state index contributed by atoms with van der Waals surface area (Å²) in [5, 5.41) is 17.6. The topological polar surface area (TPSA) is 87.5 Å². The van der Waals surface area contributed by atoms with Crippen LogP contribution in [-0.4, -0.2) is 47.4 Å². The Kier molecular flexibility index (Phi) is 6.61. The molecular formula is C17H25ClN4O3. The van der Waals surface area contributed by atoms with E-state index in [1.54, 1.807) is 18.2 Å². The summed E-state index contributed by atoms with van der Waals surface area (Å²) in [7, 11) is 1.88. The molecule has 2 fully saturated rings. The quantitative estimate of drug-likeness (QED) is 0.595. The van der Waals surface area contributed by atoms with E-state index in [2.05, 4.69) is 10.6 Å². The molecule has 2 N–H and O–H groups in total. The van der Waals surface area contributed by atoms with Crippen LogP contribution in [0.2, 0.25) is 0 Å². The maximum atomic E-state index is 12.4.